The van der Waals surface area contributed by atoms with E-state index in [1.165, 1.54) is 18.6 Å². The van der Waals surface area contributed by atoms with E-state index in [9.17, 15) is 8.42 Å². The second-order valence-electron chi connectivity index (χ2n) is 2.81. The summed E-state index contributed by atoms with van der Waals surface area (Å²) in [6.07, 6.45) is 4.07. The molecule has 1 aromatic rings. The molecular weight excluding hydrogens is 190 g/mol. The Hall–Kier alpha value is -0.880. The van der Waals surface area contributed by atoms with Gasteiger partial charge in [0.2, 0.25) is 0 Å². The van der Waals surface area contributed by atoms with Crippen LogP contribution in [0, 0.1) is 0 Å². The minimum atomic E-state index is -3.11. The van der Waals surface area contributed by atoms with Gasteiger partial charge in [-0.1, -0.05) is 0 Å². The molecule has 0 saturated carbocycles. The average Bonchev–Trinajstić information content (AvgIpc) is 2.47. The molecule has 0 saturated heterocycles. The highest BCUT2D eigenvalue weighted by molar-refractivity contribution is 7.90. The minimum absolute atomic E-state index is 0.267. The third-order valence-corrected chi connectivity index (χ3v) is 2.70. The molecule has 13 heavy (non-hydrogen) atoms. The first-order chi connectivity index (χ1) is 6.04. The van der Waals surface area contributed by atoms with Crippen molar-refractivity contribution in [1.29, 1.82) is 0 Å². The Labute approximate surface area is 77.7 Å². The van der Waals surface area contributed by atoms with Crippen molar-refractivity contribution in [2.75, 3.05) is 19.8 Å². The lowest BCUT2D eigenvalue weighted by Gasteiger charge is -1.98. The zero-order valence-corrected chi connectivity index (χ0v) is 8.50. The van der Waals surface area contributed by atoms with Gasteiger partial charge < -0.3 is 5.32 Å². The first-order valence-electron chi connectivity index (χ1n) is 3.91. The van der Waals surface area contributed by atoms with Crippen LogP contribution in [0.3, 0.4) is 0 Å². The van der Waals surface area contributed by atoms with Gasteiger partial charge in [0.1, 0.15) is 4.90 Å². The van der Waals surface area contributed by atoms with E-state index < -0.39 is 9.84 Å². The van der Waals surface area contributed by atoms with E-state index in [0.717, 1.165) is 6.54 Å². The number of rotatable bonds is 4. The van der Waals surface area contributed by atoms with Gasteiger partial charge in [-0.3, -0.25) is 4.68 Å². The zero-order chi connectivity index (χ0) is 9.90. The van der Waals surface area contributed by atoms with Gasteiger partial charge in [0.15, 0.2) is 9.84 Å². The Morgan fingerprint density at radius 2 is 2.31 bits per heavy atom. The molecule has 1 heterocycles. The predicted molar refractivity (Wildman–Crippen MR) is 49.3 cm³/mol. The van der Waals surface area contributed by atoms with Crippen molar-refractivity contribution in [3.05, 3.63) is 12.4 Å². The Morgan fingerprint density at radius 3 is 2.77 bits per heavy atom. The van der Waals surface area contributed by atoms with Crippen LogP contribution in [0.25, 0.3) is 0 Å². The van der Waals surface area contributed by atoms with E-state index >= 15 is 0 Å². The molecule has 0 spiro atoms. The Morgan fingerprint density at radius 1 is 1.62 bits per heavy atom. The molecule has 0 aliphatic rings. The third-order valence-electron chi connectivity index (χ3n) is 1.63. The molecule has 0 amide bonds. The minimum Gasteiger partial charge on any atom is -0.318 e. The summed E-state index contributed by atoms with van der Waals surface area (Å²) in [6.45, 7) is 1.44. The molecule has 0 fully saturated rings. The van der Waals surface area contributed by atoms with Gasteiger partial charge in [0.05, 0.1) is 12.7 Å². The summed E-state index contributed by atoms with van der Waals surface area (Å²) in [5.74, 6) is 0. The summed E-state index contributed by atoms with van der Waals surface area (Å²) in [4.78, 5) is 0.267. The summed E-state index contributed by atoms with van der Waals surface area (Å²) < 4.78 is 23.7. The molecule has 0 atom stereocenters. The molecule has 0 aliphatic heterocycles. The van der Waals surface area contributed by atoms with Gasteiger partial charge in [-0.2, -0.15) is 5.10 Å². The van der Waals surface area contributed by atoms with Crippen molar-refractivity contribution in [2.24, 2.45) is 0 Å². The van der Waals surface area contributed by atoms with Gasteiger partial charge in [0, 0.05) is 19.0 Å². The quantitative estimate of drug-likeness (QED) is 0.717. The topological polar surface area (TPSA) is 64.0 Å². The van der Waals surface area contributed by atoms with Crippen LogP contribution < -0.4 is 5.32 Å². The van der Waals surface area contributed by atoms with Crippen LogP contribution in [-0.2, 0) is 16.4 Å². The van der Waals surface area contributed by atoms with Gasteiger partial charge in [0.25, 0.3) is 0 Å². The molecule has 5 nitrogen and oxygen atoms in total. The normalized spacial score (nSPS) is 11.8. The SMILES string of the molecule is CNCCn1cc(S(C)(=O)=O)cn1. The van der Waals surface area contributed by atoms with Crippen LogP contribution >= 0.6 is 0 Å². The van der Waals surface area contributed by atoms with Crippen LogP contribution in [0.5, 0.6) is 0 Å². The third kappa shape index (κ3) is 2.82. The van der Waals surface area contributed by atoms with Gasteiger partial charge >= 0.3 is 0 Å². The van der Waals surface area contributed by atoms with E-state index in [2.05, 4.69) is 10.4 Å². The molecule has 6 heteroatoms. The highest BCUT2D eigenvalue weighted by Crippen LogP contribution is 2.05. The zero-order valence-electron chi connectivity index (χ0n) is 7.69. The first-order valence-corrected chi connectivity index (χ1v) is 5.80. The van der Waals surface area contributed by atoms with E-state index in [1.807, 2.05) is 7.05 Å². The maximum absolute atomic E-state index is 11.1. The lowest BCUT2D eigenvalue weighted by atomic mass is 10.6. The van der Waals surface area contributed by atoms with Crippen LogP contribution in [0.1, 0.15) is 0 Å². The maximum Gasteiger partial charge on any atom is 0.178 e. The average molecular weight is 203 g/mol. The smallest absolute Gasteiger partial charge is 0.178 e. The lowest BCUT2D eigenvalue weighted by molar-refractivity contribution is 0.582. The van der Waals surface area contributed by atoms with E-state index in [4.69, 9.17) is 0 Å². The van der Waals surface area contributed by atoms with Gasteiger partial charge in [-0.15, -0.1) is 0 Å². The van der Waals surface area contributed by atoms with Crippen LogP contribution in [0.4, 0.5) is 0 Å². The van der Waals surface area contributed by atoms with Crippen LogP contribution in [0.2, 0.25) is 0 Å². The molecule has 1 rings (SSSR count). The molecular formula is C7H13N3O2S. The fourth-order valence-electron chi connectivity index (χ4n) is 0.885. The van der Waals surface area contributed by atoms with Crippen LogP contribution in [-0.4, -0.2) is 38.0 Å². The summed E-state index contributed by atoms with van der Waals surface area (Å²) in [5, 5.41) is 6.87. The van der Waals surface area contributed by atoms with E-state index in [0.29, 0.717) is 6.54 Å². The molecule has 0 bridgehead atoms. The molecule has 1 aromatic heterocycles. The number of hydrogen-bond donors (Lipinski definition) is 1. The van der Waals surface area contributed by atoms with Crippen molar-refractivity contribution in [3.63, 3.8) is 0 Å². The standard InChI is InChI=1S/C7H13N3O2S/c1-8-3-4-10-6-7(5-9-10)13(2,11)12/h5-6,8H,3-4H2,1-2H3. The Balaban J connectivity index is 2.76. The predicted octanol–water partition coefficient (Wildman–Crippen LogP) is -0.494. The largest absolute Gasteiger partial charge is 0.318 e. The van der Waals surface area contributed by atoms with Gasteiger partial charge in [-0.05, 0) is 7.05 Å². The summed E-state index contributed by atoms with van der Waals surface area (Å²) in [5.41, 5.74) is 0. The van der Waals surface area contributed by atoms with Crippen molar-refractivity contribution in [1.82, 2.24) is 15.1 Å². The highest BCUT2D eigenvalue weighted by atomic mass is 32.2. The van der Waals surface area contributed by atoms with Crippen molar-refractivity contribution < 1.29 is 8.42 Å². The monoisotopic (exact) mass is 203 g/mol. The lowest BCUT2D eigenvalue weighted by Crippen LogP contribution is -2.15. The fourth-order valence-corrected chi connectivity index (χ4v) is 1.44. The number of nitrogens with one attached hydrogen (secondary N) is 1. The summed E-state index contributed by atoms with van der Waals surface area (Å²) in [7, 11) is -1.28. The van der Waals surface area contributed by atoms with E-state index in [-0.39, 0.29) is 4.90 Å². The van der Waals surface area contributed by atoms with Crippen molar-refractivity contribution in [2.45, 2.75) is 11.4 Å². The number of nitrogens with zero attached hydrogens (tertiary/aromatic N) is 2. The van der Waals surface area contributed by atoms with Gasteiger partial charge in [-0.25, -0.2) is 8.42 Å². The Bertz CT molecular complexity index is 369. The molecule has 74 valence electrons. The molecule has 0 aromatic carbocycles. The highest BCUT2D eigenvalue weighted by Gasteiger charge is 2.08. The second-order valence-corrected chi connectivity index (χ2v) is 4.83. The molecule has 0 unspecified atom stereocenters. The molecule has 1 N–H and O–H groups in total. The number of sulfone groups is 1. The number of hydrogen-bond acceptors (Lipinski definition) is 4. The fraction of sp³-hybridized carbons (Fsp3) is 0.571. The van der Waals surface area contributed by atoms with Crippen molar-refractivity contribution in [3.8, 4) is 0 Å². The van der Waals surface area contributed by atoms with Crippen LogP contribution in [0.15, 0.2) is 17.3 Å². The van der Waals surface area contributed by atoms with Crippen molar-refractivity contribution >= 4 is 9.84 Å². The number of aromatic nitrogens is 2. The number of likely N-dealkylation sites (N-methyl/N-ethyl adjacent to an activating group) is 1. The first kappa shape index (κ1) is 10.2. The second kappa shape index (κ2) is 3.89. The Kier molecular flexibility index (Phi) is 3.05. The molecule has 0 radical (unpaired) electrons. The maximum atomic E-state index is 11.1. The summed E-state index contributed by atoms with van der Waals surface area (Å²) >= 11 is 0. The van der Waals surface area contributed by atoms with E-state index in [1.54, 1.807) is 4.68 Å². The summed E-state index contributed by atoms with van der Waals surface area (Å²) in [6, 6.07) is 0. The molecule has 0 aliphatic carbocycles.